The molecule has 0 fully saturated rings. The fraction of sp³-hybridized carbons (Fsp3) is 0.625. The minimum atomic E-state index is -5.57. The Morgan fingerprint density at radius 2 is 1.80 bits per heavy atom. The molecule has 0 N–H and O–H groups in total. The average Bonchev–Trinajstić information content (AvgIpc) is 2.53. The lowest BCUT2D eigenvalue weighted by atomic mass is 10.0. The van der Waals surface area contributed by atoms with E-state index in [2.05, 4.69) is 0 Å². The van der Waals surface area contributed by atoms with E-state index in [1.165, 1.54) is 0 Å². The summed E-state index contributed by atoms with van der Waals surface area (Å²) in [5.41, 5.74) is -5.68. The van der Waals surface area contributed by atoms with E-state index >= 15 is 0 Å². The van der Waals surface area contributed by atoms with Crippen LogP contribution in [0.1, 0.15) is 32.3 Å². The average molecular weight is 383 g/mol. The molecule has 1 aliphatic heterocycles. The van der Waals surface area contributed by atoms with Crippen LogP contribution in [0.2, 0.25) is 0 Å². The monoisotopic (exact) mass is 383 g/mol. The van der Waals surface area contributed by atoms with E-state index in [9.17, 15) is 26.0 Å². The molecule has 0 aromatic heterocycles. The third-order valence-corrected chi connectivity index (χ3v) is 5.73. The van der Waals surface area contributed by atoms with Gasteiger partial charge in [-0.1, -0.05) is 13.8 Å². The second-order valence-electron chi connectivity index (χ2n) is 6.01. The summed E-state index contributed by atoms with van der Waals surface area (Å²) in [6, 6.07) is 1.08. The standard InChI is InChI=1S/C16H21F4NO3S/c1-3-7-21(8-4-2)11-9-12-14(25(22,23)16(18,19)20)6-5-13(17)15(12)24-10-11/h5-6,11H,3-4,7-10H2,1-2H3/t11-/m1/s1. The third-order valence-electron chi connectivity index (χ3n) is 4.16. The number of benzene rings is 1. The Labute approximate surface area is 144 Å². The molecule has 1 aliphatic rings. The zero-order valence-corrected chi connectivity index (χ0v) is 14.9. The quantitative estimate of drug-likeness (QED) is 0.557. The van der Waals surface area contributed by atoms with Gasteiger partial charge in [0, 0.05) is 11.6 Å². The van der Waals surface area contributed by atoms with Crippen LogP contribution in [0, 0.1) is 5.82 Å². The van der Waals surface area contributed by atoms with Crippen molar-refractivity contribution in [1.29, 1.82) is 0 Å². The molecule has 0 amide bonds. The minimum absolute atomic E-state index is 0.00225. The molecule has 1 heterocycles. The highest BCUT2D eigenvalue weighted by Gasteiger charge is 2.49. The van der Waals surface area contributed by atoms with Crippen molar-refractivity contribution in [1.82, 2.24) is 4.90 Å². The largest absolute Gasteiger partial charge is 0.501 e. The highest BCUT2D eigenvalue weighted by Crippen LogP contribution is 2.39. The first-order valence-electron chi connectivity index (χ1n) is 8.13. The molecule has 142 valence electrons. The van der Waals surface area contributed by atoms with Crippen LogP contribution in [-0.2, 0) is 16.3 Å². The highest BCUT2D eigenvalue weighted by atomic mass is 32.2. The first kappa shape index (κ1) is 20.0. The van der Waals surface area contributed by atoms with Crippen LogP contribution < -0.4 is 4.74 Å². The number of ether oxygens (including phenoxy) is 1. The molecule has 0 aliphatic carbocycles. The van der Waals surface area contributed by atoms with Gasteiger partial charge in [0.25, 0.3) is 9.84 Å². The predicted molar refractivity (Wildman–Crippen MR) is 84.8 cm³/mol. The lowest BCUT2D eigenvalue weighted by molar-refractivity contribution is -0.0437. The Morgan fingerprint density at radius 3 is 2.32 bits per heavy atom. The van der Waals surface area contributed by atoms with Gasteiger partial charge in [-0.3, -0.25) is 4.90 Å². The molecular formula is C16H21F4NO3S. The van der Waals surface area contributed by atoms with Crippen LogP contribution in [0.15, 0.2) is 17.0 Å². The zero-order valence-electron chi connectivity index (χ0n) is 14.1. The number of alkyl halides is 3. The van der Waals surface area contributed by atoms with Gasteiger partial charge in [0.2, 0.25) is 0 Å². The maximum atomic E-state index is 13.9. The molecule has 1 aromatic carbocycles. The summed E-state index contributed by atoms with van der Waals surface area (Å²) < 4.78 is 81.8. The first-order valence-corrected chi connectivity index (χ1v) is 9.61. The predicted octanol–water partition coefficient (Wildman–Crippen LogP) is 3.54. The normalized spacial score (nSPS) is 18.1. The fourth-order valence-corrected chi connectivity index (χ4v) is 4.06. The summed E-state index contributed by atoms with van der Waals surface area (Å²) in [6.45, 7) is 5.46. The summed E-state index contributed by atoms with van der Waals surface area (Å²) in [6.07, 6.45) is 1.66. The highest BCUT2D eigenvalue weighted by molar-refractivity contribution is 7.92. The fourth-order valence-electron chi connectivity index (χ4n) is 3.07. The maximum Gasteiger partial charge on any atom is 0.501 e. The van der Waals surface area contributed by atoms with Crippen molar-refractivity contribution in [2.24, 2.45) is 0 Å². The molecule has 1 aromatic rings. The lowest BCUT2D eigenvalue weighted by Gasteiger charge is -2.35. The molecule has 0 saturated heterocycles. The van der Waals surface area contributed by atoms with Crippen molar-refractivity contribution in [2.75, 3.05) is 19.7 Å². The summed E-state index contributed by atoms with van der Waals surface area (Å²) in [4.78, 5) is 1.12. The van der Waals surface area contributed by atoms with E-state index in [0.717, 1.165) is 12.8 Å². The van der Waals surface area contributed by atoms with Gasteiger partial charge in [0.1, 0.15) is 6.61 Å². The van der Waals surface area contributed by atoms with Crippen LogP contribution in [0.3, 0.4) is 0 Å². The van der Waals surface area contributed by atoms with Gasteiger partial charge in [-0.25, -0.2) is 12.8 Å². The zero-order chi connectivity index (χ0) is 18.8. The summed E-state index contributed by atoms with van der Waals surface area (Å²) >= 11 is 0. The second-order valence-corrected chi connectivity index (χ2v) is 7.92. The van der Waals surface area contributed by atoms with E-state index in [1.807, 2.05) is 18.7 Å². The maximum absolute atomic E-state index is 13.9. The van der Waals surface area contributed by atoms with E-state index in [0.29, 0.717) is 25.2 Å². The Balaban J connectivity index is 2.47. The second kappa shape index (κ2) is 7.49. The molecule has 25 heavy (non-hydrogen) atoms. The molecule has 4 nitrogen and oxygen atoms in total. The Bertz CT molecular complexity index is 713. The van der Waals surface area contributed by atoms with E-state index in [4.69, 9.17) is 4.74 Å². The van der Waals surface area contributed by atoms with Crippen molar-refractivity contribution in [3.05, 3.63) is 23.5 Å². The van der Waals surface area contributed by atoms with Crippen molar-refractivity contribution >= 4 is 9.84 Å². The van der Waals surface area contributed by atoms with E-state index < -0.39 is 31.8 Å². The first-order chi connectivity index (χ1) is 11.6. The van der Waals surface area contributed by atoms with Gasteiger partial charge in [0.05, 0.1) is 4.90 Å². The van der Waals surface area contributed by atoms with Crippen LogP contribution in [0.25, 0.3) is 0 Å². The Morgan fingerprint density at radius 1 is 1.20 bits per heavy atom. The van der Waals surface area contributed by atoms with Crippen molar-refractivity contribution in [3.63, 3.8) is 0 Å². The van der Waals surface area contributed by atoms with Crippen molar-refractivity contribution in [3.8, 4) is 5.75 Å². The number of rotatable bonds is 6. The molecule has 1 atom stereocenters. The van der Waals surface area contributed by atoms with Crippen LogP contribution in [0.5, 0.6) is 5.75 Å². The molecule has 0 radical (unpaired) electrons. The van der Waals surface area contributed by atoms with Gasteiger partial charge < -0.3 is 4.74 Å². The van der Waals surface area contributed by atoms with Gasteiger partial charge in [0.15, 0.2) is 11.6 Å². The summed E-state index contributed by atoms with van der Waals surface area (Å²) in [7, 11) is -5.57. The van der Waals surface area contributed by atoms with Gasteiger partial charge in [-0.15, -0.1) is 0 Å². The molecule has 0 saturated carbocycles. The minimum Gasteiger partial charge on any atom is -0.489 e. The molecule has 2 rings (SSSR count). The number of hydrogen-bond donors (Lipinski definition) is 0. The number of halogens is 4. The van der Waals surface area contributed by atoms with E-state index in [-0.39, 0.29) is 24.6 Å². The third kappa shape index (κ3) is 3.92. The van der Waals surface area contributed by atoms with Crippen LogP contribution in [-0.4, -0.2) is 44.6 Å². The van der Waals surface area contributed by atoms with Gasteiger partial charge >= 0.3 is 5.51 Å². The summed E-state index contributed by atoms with van der Waals surface area (Å²) in [5, 5.41) is 0. The van der Waals surface area contributed by atoms with Crippen molar-refractivity contribution in [2.45, 2.75) is 49.6 Å². The molecule has 9 heteroatoms. The van der Waals surface area contributed by atoms with E-state index in [1.54, 1.807) is 0 Å². The molecular weight excluding hydrogens is 362 g/mol. The molecule has 0 unspecified atom stereocenters. The Hall–Kier alpha value is -1.35. The van der Waals surface area contributed by atoms with Gasteiger partial charge in [-0.05, 0) is 44.5 Å². The van der Waals surface area contributed by atoms with Crippen molar-refractivity contribution < 1.29 is 30.7 Å². The molecule has 0 spiro atoms. The number of hydrogen-bond acceptors (Lipinski definition) is 4. The van der Waals surface area contributed by atoms with Gasteiger partial charge in [-0.2, -0.15) is 13.2 Å². The summed E-state index contributed by atoms with van der Waals surface area (Å²) in [5.74, 6) is -1.25. The molecule has 0 bridgehead atoms. The topological polar surface area (TPSA) is 46.6 Å². The number of nitrogens with zero attached hydrogens (tertiary/aromatic N) is 1. The lowest BCUT2D eigenvalue weighted by Crippen LogP contribution is -2.44. The number of sulfone groups is 1. The Kier molecular flexibility index (Phi) is 5.98. The SMILES string of the molecule is CCCN(CCC)[C@H]1COc2c(F)ccc(S(=O)(=O)C(F)(F)F)c2C1. The number of fused-ring (bicyclic) bond motifs is 1. The van der Waals surface area contributed by atoms with Crippen LogP contribution in [0.4, 0.5) is 17.6 Å². The van der Waals surface area contributed by atoms with Crippen LogP contribution >= 0.6 is 0 Å². The smallest absolute Gasteiger partial charge is 0.489 e.